The third-order valence-electron chi connectivity index (χ3n) is 7.13. The average molecular weight is 545 g/mol. The van der Waals surface area contributed by atoms with E-state index < -0.39 is 11.8 Å². The van der Waals surface area contributed by atoms with Crippen LogP contribution in [0.5, 0.6) is 0 Å². The molecule has 0 spiro atoms. The van der Waals surface area contributed by atoms with Gasteiger partial charge in [-0.3, -0.25) is 4.79 Å². The van der Waals surface area contributed by atoms with Crippen molar-refractivity contribution in [1.29, 1.82) is 0 Å². The number of aromatic nitrogens is 5. The zero-order valence-corrected chi connectivity index (χ0v) is 22.3. The maximum atomic E-state index is 15.3. The Balaban J connectivity index is 1.36. The fourth-order valence-electron chi connectivity index (χ4n) is 5.01. The quantitative estimate of drug-likeness (QED) is 0.319. The lowest BCUT2D eigenvalue weighted by Gasteiger charge is -2.33. The van der Waals surface area contributed by atoms with E-state index in [1.807, 2.05) is 25.7 Å². The van der Waals surface area contributed by atoms with Gasteiger partial charge >= 0.3 is 5.97 Å². The van der Waals surface area contributed by atoms with E-state index in [1.54, 1.807) is 40.1 Å². The second kappa shape index (κ2) is 9.42. The summed E-state index contributed by atoms with van der Waals surface area (Å²) in [6.45, 7) is 6.69. The number of carboxylic acids is 1. The number of hydrogen-bond acceptors (Lipinski definition) is 6. The van der Waals surface area contributed by atoms with E-state index in [-0.39, 0.29) is 29.0 Å². The Morgan fingerprint density at radius 2 is 2.00 bits per heavy atom. The number of fused-ring (bicyclic) bond motifs is 2. The molecule has 0 radical (unpaired) electrons. The van der Waals surface area contributed by atoms with Crippen LogP contribution in [0.2, 0.25) is 0 Å². The predicted molar refractivity (Wildman–Crippen MR) is 144 cm³/mol. The van der Waals surface area contributed by atoms with Gasteiger partial charge in [-0.1, -0.05) is 13.8 Å². The van der Waals surface area contributed by atoms with Gasteiger partial charge in [-0.25, -0.2) is 23.4 Å². The highest BCUT2D eigenvalue weighted by atomic mass is 32.1. The molecule has 9 nitrogen and oxygen atoms in total. The molecule has 4 aromatic heterocycles. The van der Waals surface area contributed by atoms with E-state index in [4.69, 9.17) is 5.11 Å². The SMILES string of the molecule is CC(C)c1cc(C(=O)N2CCc3sccc3C2C)nc2cc(-c3ccc(-n4cc(C(=O)O)cn4)cc3F)nn12. The molecule has 6 rings (SSSR count). The van der Waals surface area contributed by atoms with Crippen molar-refractivity contribution in [3.05, 3.63) is 87.4 Å². The van der Waals surface area contributed by atoms with Crippen LogP contribution in [0.4, 0.5) is 4.39 Å². The number of carbonyl (C=O) groups excluding carboxylic acids is 1. The zero-order chi connectivity index (χ0) is 27.4. The molecule has 0 aliphatic carbocycles. The minimum atomic E-state index is -1.11. The van der Waals surface area contributed by atoms with Crippen molar-refractivity contribution in [2.24, 2.45) is 0 Å². The summed E-state index contributed by atoms with van der Waals surface area (Å²) in [4.78, 5) is 32.6. The second-order valence-electron chi connectivity index (χ2n) is 9.89. The van der Waals surface area contributed by atoms with Gasteiger partial charge < -0.3 is 10.0 Å². The lowest BCUT2D eigenvalue weighted by Crippen LogP contribution is -2.38. The lowest BCUT2D eigenvalue weighted by atomic mass is 10.0. The van der Waals surface area contributed by atoms with Gasteiger partial charge in [0.15, 0.2) is 5.65 Å². The highest BCUT2D eigenvalue weighted by molar-refractivity contribution is 7.10. The molecule has 5 heterocycles. The zero-order valence-electron chi connectivity index (χ0n) is 21.5. The van der Waals surface area contributed by atoms with E-state index in [0.717, 1.165) is 12.1 Å². The second-order valence-corrected chi connectivity index (χ2v) is 10.9. The molecule has 1 aliphatic heterocycles. The van der Waals surface area contributed by atoms with Gasteiger partial charge in [-0.05, 0) is 54.5 Å². The molecule has 5 aromatic rings. The highest BCUT2D eigenvalue weighted by Crippen LogP contribution is 2.34. The number of benzene rings is 1. The molecule has 0 bridgehead atoms. The number of aromatic carboxylic acids is 1. The number of hydrogen-bond donors (Lipinski definition) is 1. The fraction of sp³-hybridized carbons (Fsp3) is 0.250. The fourth-order valence-corrected chi connectivity index (χ4v) is 5.98. The molecular formula is C28H25FN6O3S. The number of nitrogens with zero attached hydrogens (tertiary/aromatic N) is 6. The molecule has 11 heteroatoms. The molecule has 1 atom stereocenters. The Kier molecular flexibility index (Phi) is 6.02. The third kappa shape index (κ3) is 4.28. The smallest absolute Gasteiger partial charge is 0.338 e. The van der Waals surface area contributed by atoms with Crippen LogP contribution < -0.4 is 0 Å². The molecule has 198 valence electrons. The molecule has 0 saturated heterocycles. The Labute approximate surface area is 227 Å². The molecule has 0 fully saturated rings. The summed E-state index contributed by atoms with van der Waals surface area (Å²) in [5.74, 6) is -1.76. The summed E-state index contributed by atoms with van der Waals surface area (Å²) in [6.07, 6.45) is 3.35. The first-order valence-electron chi connectivity index (χ1n) is 12.6. The van der Waals surface area contributed by atoms with Crippen LogP contribution in [0, 0.1) is 5.82 Å². The van der Waals surface area contributed by atoms with E-state index in [1.165, 1.54) is 33.6 Å². The van der Waals surface area contributed by atoms with Crippen LogP contribution >= 0.6 is 11.3 Å². The maximum absolute atomic E-state index is 15.3. The van der Waals surface area contributed by atoms with Gasteiger partial charge in [-0.15, -0.1) is 11.3 Å². The Bertz CT molecular complexity index is 1750. The van der Waals surface area contributed by atoms with E-state index in [9.17, 15) is 9.59 Å². The molecule has 1 amide bonds. The normalized spacial score (nSPS) is 15.2. The Hall–Kier alpha value is -4.38. The molecule has 1 unspecified atom stereocenters. The van der Waals surface area contributed by atoms with E-state index >= 15 is 4.39 Å². The summed E-state index contributed by atoms with van der Waals surface area (Å²) in [7, 11) is 0. The van der Waals surface area contributed by atoms with Crippen LogP contribution in [0.15, 0.2) is 54.2 Å². The largest absolute Gasteiger partial charge is 0.478 e. The minimum absolute atomic E-state index is 0.00665. The van der Waals surface area contributed by atoms with Gasteiger partial charge in [0.2, 0.25) is 0 Å². The molecule has 0 saturated carbocycles. The standard InChI is InChI=1S/C28H25FN6O3S/c1-15(2)24-11-23(27(36)33-8-6-25-19(16(33)3)7-9-39-25)31-26-12-22(32-35(24)26)20-5-4-18(10-21(20)29)34-14-17(13-30-34)28(37)38/h4-5,7,9-16H,6,8H2,1-3H3,(H,37,38). The topological polar surface area (TPSA) is 106 Å². The minimum Gasteiger partial charge on any atom is -0.478 e. The van der Waals surface area contributed by atoms with Crippen molar-refractivity contribution in [2.45, 2.75) is 39.2 Å². The predicted octanol–water partition coefficient (Wildman–Crippen LogP) is 5.36. The number of carboxylic acid groups (broad SMARTS) is 1. The monoisotopic (exact) mass is 544 g/mol. The first-order chi connectivity index (χ1) is 18.7. The average Bonchev–Trinajstić information content (AvgIpc) is 3.67. The van der Waals surface area contributed by atoms with Gasteiger partial charge in [0, 0.05) is 41.0 Å². The van der Waals surface area contributed by atoms with Crippen LogP contribution in [-0.2, 0) is 6.42 Å². The number of halogens is 1. The van der Waals surface area contributed by atoms with Gasteiger partial charge in [0.05, 0.1) is 29.2 Å². The Morgan fingerprint density at radius 3 is 2.72 bits per heavy atom. The first-order valence-corrected chi connectivity index (χ1v) is 13.5. The van der Waals surface area contributed by atoms with Crippen LogP contribution in [0.25, 0.3) is 22.6 Å². The van der Waals surface area contributed by atoms with Crippen molar-refractivity contribution in [3.63, 3.8) is 0 Å². The third-order valence-corrected chi connectivity index (χ3v) is 8.12. The summed E-state index contributed by atoms with van der Waals surface area (Å²) in [5.41, 5.74) is 3.80. The number of rotatable bonds is 5. The van der Waals surface area contributed by atoms with Gasteiger partial charge in [0.1, 0.15) is 11.5 Å². The van der Waals surface area contributed by atoms with Gasteiger partial charge in [-0.2, -0.15) is 10.2 Å². The van der Waals surface area contributed by atoms with Crippen LogP contribution in [0.3, 0.4) is 0 Å². The summed E-state index contributed by atoms with van der Waals surface area (Å²) in [6, 6.07) is 9.99. The van der Waals surface area contributed by atoms with Crippen LogP contribution in [0.1, 0.15) is 69.7 Å². The number of amides is 1. The van der Waals surface area contributed by atoms with E-state index in [2.05, 4.69) is 26.6 Å². The summed E-state index contributed by atoms with van der Waals surface area (Å²) >= 11 is 1.73. The van der Waals surface area contributed by atoms with E-state index in [0.29, 0.717) is 29.3 Å². The van der Waals surface area contributed by atoms with Crippen molar-refractivity contribution in [3.8, 4) is 16.9 Å². The first kappa shape index (κ1) is 24.9. The lowest BCUT2D eigenvalue weighted by molar-refractivity contribution is 0.0670. The summed E-state index contributed by atoms with van der Waals surface area (Å²) in [5, 5.41) is 19.8. The molecule has 1 N–H and O–H groups in total. The van der Waals surface area contributed by atoms with Gasteiger partial charge in [0.25, 0.3) is 5.91 Å². The molecule has 1 aromatic carbocycles. The Morgan fingerprint density at radius 1 is 1.18 bits per heavy atom. The van der Waals surface area contributed by atoms with Crippen molar-refractivity contribution >= 4 is 28.9 Å². The molecule has 39 heavy (non-hydrogen) atoms. The van der Waals surface area contributed by atoms with Crippen molar-refractivity contribution in [1.82, 2.24) is 29.3 Å². The maximum Gasteiger partial charge on any atom is 0.338 e. The number of thiophene rings is 1. The van der Waals surface area contributed by atoms with Crippen molar-refractivity contribution < 1.29 is 19.1 Å². The molecule has 1 aliphatic rings. The summed E-state index contributed by atoms with van der Waals surface area (Å²) < 4.78 is 18.2. The number of carbonyl (C=O) groups is 2. The van der Waals surface area contributed by atoms with Crippen LogP contribution in [-0.4, -0.2) is 52.8 Å². The molecular weight excluding hydrogens is 519 g/mol. The van der Waals surface area contributed by atoms with Crippen molar-refractivity contribution in [2.75, 3.05) is 6.54 Å². The highest BCUT2D eigenvalue weighted by Gasteiger charge is 2.30.